The summed E-state index contributed by atoms with van der Waals surface area (Å²) in [5.74, 6) is 1.13. The summed E-state index contributed by atoms with van der Waals surface area (Å²) in [6.07, 6.45) is 4.13. The first-order valence-corrected chi connectivity index (χ1v) is 7.91. The molecule has 0 aliphatic heterocycles. The second kappa shape index (κ2) is 7.85. The minimum Gasteiger partial charge on any atom is -0.370 e. The van der Waals surface area contributed by atoms with Crippen LogP contribution in [0.3, 0.4) is 0 Å². The molecular weight excluding hydrogens is 334 g/mol. The van der Waals surface area contributed by atoms with Crippen LogP contribution in [0.15, 0.2) is 42.7 Å². The number of pyridine rings is 1. The van der Waals surface area contributed by atoms with Crippen LogP contribution in [0.2, 0.25) is 0 Å². The van der Waals surface area contributed by atoms with Gasteiger partial charge in [0.25, 0.3) is 5.69 Å². The molecule has 0 amide bonds. The molecule has 0 aliphatic rings. The Labute approximate surface area is 148 Å². The third-order valence-electron chi connectivity index (χ3n) is 3.63. The zero-order chi connectivity index (χ0) is 18.4. The summed E-state index contributed by atoms with van der Waals surface area (Å²) in [5.41, 5.74) is 0.815. The molecule has 1 aromatic carbocycles. The summed E-state index contributed by atoms with van der Waals surface area (Å²) in [4.78, 5) is 23.0. The molecule has 2 aromatic heterocycles. The van der Waals surface area contributed by atoms with Gasteiger partial charge in [-0.25, -0.2) is 15.0 Å². The molecule has 0 saturated carbocycles. The quantitative estimate of drug-likeness (QED) is 0.378. The fraction of sp³-hybridized carbons (Fsp3) is 0.176. The van der Waals surface area contributed by atoms with E-state index in [1.807, 2.05) is 0 Å². The number of nitriles is 1. The number of fused-ring (bicyclic) bond motifs is 1. The van der Waals surface area contributed by atoms with Crippen molar-refractivity contribution in [2.75, 3.05) is 23.7 Å². The number of nitro groups is 1. The van der Waals surface area contributed by atoms with Crippen molar-refractivity contribution < 1.29 is 4.92 Å². The fourth-order valence-corrected chi connectivity index (χ4v) is 2.41. The Bertz CT molecular complexity index is 970. The summed E-state index contributed by atoms with van der Waals surface area (Å²) in [6.45, 7) is 1.32. The minimum absolute atomic E-state index is 0.0642. The number of nitro benzene ring substituents is 1. The van der Waals surface area contributed by atoms with E-state index in [0.29, 0.717) is 41.3 Å². The van der Waals surface area contributed by atoms with E-state index in [9.17, 15) is 15.4 Å². The van der Waals surface area contributed by atoms with Crippen LogP contribution < -0.4 is 10.6 Å². The average molecular weight is 349 g/mol. The highest BCUT2D eigenvalue weighted by Crippen LogP contribution is 2.24. The number of non-ortho nitro benzene ring substituents is 1. The molecule has 0 aliphatic carbocycles. The van der Waals surface area contributed by atoms with Crippen LogP contribution in [-0.4, -0.2) is 33.0 Å². The lowest BCUT2D eigenvalue weighted by molar-refractivity contribution is -0.384. The Kier molecular flexibility index (Phi) is 5.14. The number of benzene rings is 1. The summed E-state index contributed by atoms with van der Waals surface area (Å²) >= 11 is 0. The molecule has 0 saturated heterocycles. The number of anilines is 2. The maximum absolute atomic E-state index is 10.9. The van der Waals surface area contributed by atoms with Crippen LogP contribution in [0.4, 0.5) is 17.5 Å². The second-order valence-electron chi connectivity index (χ2n) is 5.40. The average Bonchev–Trinajstić information content (AvgIpc) is 2.67. The van der Waals surface area contributed by atoms with Gasteiger partial charge in [-0.2, -0.15) is 5.26 Å². The van der Waals surface area contributed by atoms with Crippen molar-refractivity contribution in [3.63, 3.8) is 0 Å². The van der Waals surface area contributed by atoms with Crippen LogP contribution in [0.25, 0.3) is 10.9 Å². The normalized spacial score (nSPS) is 10.3. The van der Waals surface area contributed by atoms with Crippen LogP contribution >= 0.6 is 0 Å². The van der Waals surface area contributed by atoms with Gasteiger partial charge in [-0.15, -0.1) is 0 Å². The highest BCUT2D eigenvalue weighted by molar-refractivity contribution is 5.88. The molecule has 2 N–H and O–H groups in total. The number of hydrogen-bond acceptors (Lipinski definition) is 8. The topological polar surface area (TPSA) is 130 Å². The molecule has 130 valence electrons. The monoisotopic (exact) mass is 349 g/mol. The third-order valence-corrected chi connectivity index (χ3v) is 3.63. The molecule has 0 atom stereocenters. The highest BCUT2D eigenvalue weighted by Gasteiger charge is 2.11. The molecule has 0 spiro atoms. The van der Waals surface area contributed by atoms with Crippen molar-refractivity contribution in [3.05, 3.63) is 58.4 Å². The number of hydrogen-bond donors (Lipinski definition) is 2. The molecule has 3 aromatic rings. The van der Waals surface area contributed by atoms with Crippen molar-refractivity contribution in [1.82, 2.24) is 15.0 Å². The zero-order valence-electron chi connectivity index (χ0n) is 13.7. The summed E-state index contributed by atoms with van der Waals surface area (Å²) in [5, 5.41) is 26.9. The summed E-state index contributed by atoms with van der Waals surface area (Å²) in [7, 11) is 0. The van der Waals surface area contributed by atoms with E-state index in [0.717, 1.165) is 6.42 Å². The van der Waals surface area contributed by atoms with Gasteiger partial charge in [-0.3, -0.25) is 10.1 Å². The molecular formula is C17H15N7O2. The first kappa shape index (κ1) is 17.0. The lowest BCUT2D eigenvalue weighted by atomic mass is 10.1. The molecule has 0 bridgehead atoms. The zero-order valence-corrected chi connectivity index (χ0v) is 13.7. The second-order valence-corrected chi connectivity index (χ2v) is 5.40. The van der Waals surface area contributed by atoms with Gasteiger partial charge in [0, 0.05) is 43.0 Å². The third kappa shape index (κ3) is 3.99. The molecule has 9 heteroatoms. The van der Waals surface area contributed by atoms with Gasteiger partial charge in [0.05, 0.1) is 22.1 Å². The molecule has 2 heterocycles. The van der Waals surface area contributed by atoms with Crippen LogP contribution in [0.1, 0.15) is 12.0 Å². The van der Waals surface area contributed by atoms with Gasteiger partial charge in [-0.1, -0.05) is 0 Å². The molecule has 0 radical (unpaired) electrons. The Hall–Kier alpha value is -3.80. The van der Waals surface area contributed by atoms with Crippen molar-refractivity contribution in [3.8, 4) is 6.07 Å². The fourth-order valence-electron chi connectivity index (χ4n) is 2.41. The highest BCUT2D eigenvalue weighted by atomic mass is 16.6. The molecule has 3 rings (SSSR count). The van der Waals surface area contributed by atoms with E-state index < -0.39 is 4.92 Å². The van der Waals surface area contributed by atoms with Gasteiger partial charge in [0.15, 0.2) is 0 Å². The van der Waals surface area contributed by atoms with Gasteiger partial charge >= 0.3 is 0 Å². The van der Waals surface area contributed by atoms with Crippen molar-refractivity contribution in [1.29, 1.82) is 5.26 Å². The summed E-state index contributed by atoms with van der Waals surface area (Å²) in [6, 6.07) is 9.71. The first-order chi connectivity index (χ1) is 12.7. The molecule has 0 fully saturated rings. The smallest absolute Gasteiger partial charge is 0.270 e. The number of nitrogens with zero attached hydrogens (tertiary/aromatic N) is 5. The van der Waals surface area contributed by atoms with E-state index in [2.05, 4.69) is 31.7 Å². The first-order valence-electron chi connectivity index (χ1n) is 7.91. The van der Waals surface area contributed by atoms with E-state index >= 15 is 0 Å². The Balaban J connectivity index is 1.64. The van der Waals surface area contributed by atoms with E-state index in [1.165, 1.54) is 12.1 Å². The van der Waals surface area contributed by atoms with Crippen molar-refractivity contribution in [2.24, 2.45) is 0 Å². The van der Waals surface area contributed by atoms with Crippen LogP contribution in [-0.2, 0) is 0 Å². The van der Waals surface area contributed by atoms with Crippen molar-refractivity contribution >= 4 is 28.4 Å². The number of nitrogens with one attached hydrogen (secondary N) is 2. The SMILES string of the molecule is N#Cc1cc(NCCCNc2ncccn2)nc2ccc([N+](=O)[O-])cc12. The Morgan fingerprint density at radius 3 is 2.65 bits per heavy atom. The summed E-state index contributed by atoms with van der Waals surface area (Å²) < 4.78 is 0. The van der Waals surface area contributed by atoms with Crippen LogP contribution in [0, 0.1) is 21.4 Å². The Morgan fingerprint density at radius 1 is 1.15 bits per heavy atom. The number of aromatic nitrogens is 3. The van der Waals surface area contributed by atoms with E-state index in [-0.39, 0.29) is 5.69 Å². The van der Waals surface area contributed by atoms with Gasteiger partial charge in [0.1, 0.15) is 5.82 Å². The molecule has 9 nitrogen and oxygen atoms in total. The largest absolute Gasteiger partial charge is 0.370 e. The lowest BCUT2D eigenvalue weighted by Crippen LogP contribution is -2.11. The van der Waals surface area contributed by atoms with E-state index in [1.54, 1.807) is 30.6 Å². The maximum Gasteiger partial charge on any atom is 0.270 e. The molecule has 26 heavy (non-hydrogen) atoms. The minimum atomic E-state index is -0.490. The predicted molar refractivity (Wildman–Crippen MR) is 96.7 cm³/mol. The maximum atomic E-state index is 10.9. The van der Waals surface area contributed by atoms with Gasteiger partial charge in [-0.05, 0) is 24.6 Å². The van der Waals surface area contributed by atoms with Crippen molar-refractivity contribution in [2.45, 2.75) is 6.42 Å². The number of rotatable bonds is 7. The molecule has 0 unspecified atom stereocenters. The van der Waals surface area contributed by atoms with Gasteiger partial charge < -0.3 is 10.6 Å². The van der Waals surface area contributed by atoms with E-state index in [4.69, 9.17) is 0 Å². The standard InChI is InChI=1S/C17H15N7O2/c18-11-12-9-16(19-5-1-6-20-17-21-7-2-8-22-17)23-15-4-3-13(24(25)26)10-14(12)15/h2-4,7-10H,1,5-6H2,(H,19,23)(H,20,21,22). The lowest BCUT2D eigenvalue weighted by Gasteiger charge is -2.09. The van der Waals surface area contributed by atoms with Crippen LogP contribution in [0.5, 0.6) is 0 Å². The predicted octanol–water partition coefficient (Wildman–Crippen LogP) is 2.72. The van der Waals surface area contributed by atoms with Gasteiger partial charge in [0.2, 0.25) is 5.95 Å². The Morgan fingerprint density at radius 2 is 1.92 bits per heavy atom.